The van der Waals surface area contributed by atoms with Crippen LogP contribution in [0, 0.1) is 10.7 Å². The summed E-state index contributed by atoms with van der Waals surface area (Å²) in [6.07, 6.45) is 1.42. The van der Waals surface area contributed by atoms with Crippen LogP contribution in [0.4, 0.5) is 0 Å². The number of nitriles is 1. The molecule has 3 nitrogen and oxygen atoms in total. The van der Waals surface area contributed by atoms with Gasteiger partial charge in [0.1, 0.15) is 15.6 Å². The van der Waals surface area contributed by atoms with Gasteiger partial charge in [0.05, 0.1) is 11.3 Å². The first-order valence-corrected chi connectivity index (χ1v) is 5.78. The third-order valence-corrected chi connectivity index (χ3v) is 3.19. The Hall–Kier alpha value is -0.150. The van der Waals surface area contributed by atoms with E-state index in [1.54, 1.807) is 0 Å². The summed E-state index contributed by atoms with van der Waals surface area (Å²) in [7, 11) is 0. The summed E-state index contributed by atoms with van der Waals surface area (Å²) < 4.78 is 0. The van der Waals surface area contributed by atoms with E-state index in [0.717, 1.165) is 11.8 Å². The summed E-state index contributed by atoms with van der Waals surface area (Å²) in [4.78, 5) is 7.77. The Morgan fingerprint density at radius 1 is 1.54 bits per heavy atom. The summed E-state index contributed by atoms with van der Waals surface area (Å²) in [5, 5.41) is 11.9. The molecule has 1 aromatic heterocycles. The Morgan fingerprint density at radius 3 is 2.92 bits per heavy atom. The van der Waals surface area contributed by atoms with E-state index in [0.29, 0.717) is 10.1 Å². The first-order valence-electron chi connectivity index (χ1n) is 3.05. The standard InChI is InChI=1S/C6H3Cl2N3S2/c7-4-1-10-6(5(8)11-4)13-3-12-2-9/h1H,3H2. The van der Waals surface area contributed by atoms with E-state index in [4.69, 9.17) is 28.5 Å². The average Bonchev–Trinajstić information content (AvgIpc) is 2.09. The van der Waals surface area contributed by atoms with E-state index in [1.807, 2.05) is 5.40 Å². The second-order valence-corrected chi connectivity index (χ2v) is 4.62. The van der Waals surface area contributed by atoms with Crippen LogP contribution in [0.25, 0.3) is 0 Å². The highest BCUT2D eigenvalue weighted by Gasteiger charge is 2.04. The first-order chi connectivity index (χ1) is 6.24. The van der Waals surface area contributed by atoms with Gasteiger partial charge in [-0.2, -0.15) is 5.26 Å². The Kier molecular flexibility index (Phi) is 4.67. The van der Waals surface area contributed by atoms with Gasteiger partial charge in [-0.05, 0) is 11.8 Å². The van der Waals surface area contributed by atoms with Gasteiger partial charge < -0.3 is 0 Å². The minimum atomic E-state index is 0.266. The highest BCUT2D eigenvalue weighted by Crippen LogP contribution is 2.26. The molecular weight excluding hydrogens is 249 g/mol. The molecule has 0 bridgehead atoms. The van der Waals surface area contributed by atoms with Crippen LogP contribution in [-0.2, 0) is 0 Å². The maximum absolute atomic E-state index is 8.27. The lowest BCUT2D eigenvalue weighted by Crippen LogP contribution is -1.86. The molecule has 0 atom stereocenters. The highest BCUT2D eigenvalue weighted by atomic mass is 35.5. The molecule has 0 aromatic carbocycles. The van der Waals surface area contributed by atoms with E-state index < -0.39 is 0 Å². The molecule has 0 N–H and O–H groups in total. The van der Waals surface area contributed by atoms with Gasteiger partial charge in [0.25, 0.3) is 0 Å². The fourth-order valence-corrected chi connectivity index (χ4v) is 2.21. The van der Waals surface area contributed by atoms with E-state index in [1.165, 1.54) is 18.0 Å². The minimum absolute atomic E-state index is 0.266. The normalized spacial score (nSPS) is 9.62. The molecule has 0 unspecified atom stereocenters. The fourth-order valence-electron chi connectivity index (χ4n) is 0.544. The number of rotatable bonds is 3. The van der Waals surface area contributed by atoms with Crippen molar-refractivity contribution in [2.45, 2.75) is 5.03 Å². The van der Waals surface area contributed by atoms with Gasteiger partial charge in [-0.15, -0.1) is 0 Å². The first kappa shape index (κ1) is 10.9. The lowest BCUT2D eigenvalue weighted by Gasteiger charge is -1.99. The molecule has 0 fully saturated rings. The Morgan fingerprint density at radius 2 is 2.31 bits per heavy atom. The number of halogens is 2. The molecule has 1 heterocycles. The summed E-state index contributed by atoms with van der Waals surface area (Å²) in [6, 6.07) is 0. The lowest BCUT2D eigenvalue weighted by atomic mass is 10.8. The van der Waals surface area contributed by atoms with Crippen LogP contribution in [-0.4, -0.2) is 15.1 Å². The van der Waals surface area contributed by atoms with Crippen LogP contribution in [0.15, 0.2) is 11.2 Å². The van der Waals surface area contributed by atoms with Gasteiger partial charge in [0.2, 0.25) is 0 Å². The molecule has 0 aliphatic rings. The summed E-state index contributed by atoms with van der Waals surface area (Å²) in [6.45, 7) is 0. The van der Waals surface area contributed by atoms with E-state index in [-0.39, 0.29) is 10.3 Å². The van der Waals surface area contributed by atoms with Crippen molar-refractivity contribution in [2.24, 2.45) is 0 Å². The molecule has 1 aromatic rings. The summed E-state index contributed by atoms with van der Waals surface area (Å²) in [5.74, 6) is 0. The second kappa shape index (κ2) is 5.55. The van der Waals surface area contributed by atoms with Crippen LogP contribution in [0.3, 0.4) is 0 Å². The predicted octanol–water partition coefficient (Wildman–Crippen LogP) is 3.05. The monoisotopic (exact) mass is 251 g/mol. The minimum Gasteiger partial charge on any atom is -0.243 e. The topological polar surface area (TPSA) is 49.6 Å². The number of hydrogen-bond acceptors (Lipinski definition) is 5. The van der Waals surface area contributed by atoms with Crippen molar-refractivity contribution in [3.8, 4) is 5.40 Å². The molecule has 0 spiro atoms. The molecule has 0 radical (unpaired) electrons. The summed E-state index contributed by atoms with van der Waals surface area (Å²) in [5.41, 5.74) is 0. The van der Waals surface area contributed by atoms with Crippen molar-refractivity contribution in [3.63, 3.8) is 0 Å². The molecule has 0 saturated carbocycles. The number of aromatic nitrogens is 2. The molecule has 0 aliphatic heterocycles. The van der Waals surface area contributed by atoms with Crippen molar-refractivity contribution in [3.05, 3.63) is 16.5 Å². The number of hydrogen-bond donors (Lipinski definition) is 0. The quantitative estimate of drug-likeness (QED) is 0.358. The van der Waals surface area contributed by atoms with Crippen LogP contribution < -0.4 is 0 Å². The molecular formula is C6H3Cl2N3S2. The second-order valence-electron chi connectivity index (χ2n) is 1.79. The van der Waals surface area contributed by atoms with Gasteiger partial charge in [-0.3, -0.25) is 0 Å². The number of thiocyanates is 1. The van der Waals surface area contributed by atoms with Crippen molar-refractivity contribution in [2.75, 3.05) is 5.08 Å². The largest absolute Gasteiger partial charge is 0.243 e. The van der Waals surface area contributed by atoms with Crippen LogP contribution >= 0.6 is 46.7 Å². The molecule has 13 heavy (non-hydrogen) atoms. The van der Waals surface area contributed by atoms with Crippen molar-refractivity contribution < 1.29 is 0 Å². The van der Waals surface area contributed by atoms with Crippen LogP contribution in [0.2, 0.25) is 10.3 Å². The average molecular weight is 252 g/mol. The molecule has 0 amide bonds. The van der Waals surface area contributed by atoms with E-state index in [2.05, 4.69) is 9.97 Å². The molecule has 0 saturated heterocycles. The van der Waals surface area contributed by atoms with Crippen LogP contribution in [0.5, 0.6) is 0 Å². The zero-order valence-corrected chi connectivity index (χ0v) is 9.34. The van der Waals surface area contributed by atoms with Gasteiger partial charge in [-0.1, -0.05) is 35.0 Å². The highest BCUT2D eigenvalue weighted by molar-refractivity contribution is 8.18. The molecule has 0 aliphatic carbocycles. The summed E-state index contributed by atoms with van der Waals surface area (Å²) >= 11 is 13.8. The maximum Gasteiger partial charge on any atom is 0.163 e. The molecule has 68 valence electrons. The number of nitrogens with zero attached hydrogens (tertiary/aromatic N) is 3. The Bertz CT molecular complexity index is 339. The van der Waals surface area contributed by atoms with Crippen molar-refractivity contribution in [1.82, 2.24) is 9.97 Å². The van der Waals surface area contributed by atoms with Gasteiger partial charge in [0.15, 0.2) is 5.15 Å². The van der Waals surface area contributed by atoms with Gasteiger partial charge >= 0.3 is 0 Å². The van der Waals surface area contributed by atoms with Crippen molar-refractivity contribution in [1.29, 1.82) is 5.26 Å². The zero-order chi connectivity index (χ0) is 9.68. The van der Waals surface area contributed by atoms with Gasteiger partial charge in [0, 0.05) is 0 Å². The van der Waals surface area contributed by atoms with E-state index >= 15 is 0 Å². The molecule has 1 rings (SSSR count). The van der Waals surface area contributed by atoms with Crippen molar-refractivity contribution >= 4 is 46.7 Å². The smallest absolute Gasteiger partial charge is 0.163 e. The SMILES string of the molecule is N#CSCSc1ncc(Cl)nc1Cl. The Balaban J connectivity index is 2.62. The zero-order valence-electron chi connectivity index (χ0n) is 6.20. The maximum atomic E-state index is 8.27. The van der Waals surface area contributed by atoms with Crippen LogP contribution in [0.1, 0.15) is 0 Å². The number of thioether (sulfide) groups is 2. The molecule has 7 heteroatoms. The predicted molar refractivity (Wildman–Crippen MR) is 56.0 cm³/mol. The third-order valence-electron chi connectivity index (χ3n) is 0.989. The lowest BCUT2D eigenvalue weighted by molar-refractivity contribution is 1.06. The van der Waals surface area contributed by atoms with E-state index in [9.17, 15) is 0 Å². The third kappa shape index (κ3) is 3.61. The fraction of sp³-hybridized carbons (Fsp3) is 0.167. The van der Waals surface area contributed by atoms with Gasteiger partial charge in [-0.25, -0.2) is 9.97 Å². The Labute approximate surface area is 93.8 Å².